The lowest BCUT2D eigenvalue weighted by Gasteiger charge is -2.17. The van der Waals surface area contributed by atoms with Gasteiger partial charge < -0.3 is 15.2 Å². The minimum absolute atomic E-state index is 0.159. The van der Waals surface area contributed by atoms with Crippen molar-refractivity contribution >= 4 is 35.3 Å². The van der Waals surface area contributed by atoms with Crippen molar-refractivity contribution in [2.24, 2.45) is 0 Å². The van der Waals surface area contributed by atoms with E-state index in [-0.39, 0.29) is 16.5 Å². The van der Waals surface area contributed by atoms with Crippen LogP contribution in [0.1, 0.15) is 12.5 Å². The average Bonchev–Trinajstić information content (AvgIpc) is 2.15. The zero-order chi connectivity index (χ0) is 10.7. The molecule has 0 unspecified atom stereocenters. The van der Waals surface area contributed by atoms with Crippen LogP contribution in [0.15, 0.2) is 6.07 Å². The molecule has 0 bridgehead atoms. The number of nitrogens with one attached hydrogen (secondary N) is 1. The highest BCUT2D eigenvalue weighted by atomic mass is 35.5. The molecule has 0 saturated heterocycles. The van der Waals surface area contributed by atoms with Crippen molar-refractivity contribution in [1.82, 2.24) is 0 Å². The predicted molar refractivity (Wildman–Crippen MR) is 56.8 cm³/mol. The molecular formula is C9H8Cl2NO2-. The molecule has 1 aromatic rings. The number of hydrogen-bond donors (Lipinski definition) is 2. The molecule has 14 heavy (non-hydrogen) atoms. The summed E-state index contributed by atoms with van der Waals surface area (Å²) in [6.45, 7) is 1.87. The molecular weight excluding hydrogens is 225 g/mol. The molecule has 2 N–H and O–H groups in total. The van der Waals surface area contributed by atoms with Crippen LogP contribution >= 0.6 is 23.2 Å². The maximum atomic E-state index is 10.1. The standard InChI is InChI=1S/C9H8Cl2NO2/c1-2-5-6(10)3-7(12-4-13)9(14)8(5)11/h3,14H,2H2,1H3,(H,12,13)/q-1. The first kappa shape index (κ1) is 11.1. The Balaban J connectivity index is 3.31. The molecule has 5 heteroatoms. The first-order chi connectivity index (χ1) is 6.61. The largest absolute Gasteiger partial charge is 0.523 e. The van der Waals surface area contributed by atoms with Gasteiger partial charge in [0.15, 0.2) is 0 Å². The molecule has 0 atom stereocenters. The van der Waals surface area contributed by atoms with Crippen LogP contribution in [0.3, 0.4) is 0 Å². The number of benzene rings is 1. The van der Waals surface area contributed by atoms with E-state index in [1.54, 1.807) is 0 Å². The second-order valence-corrected chi connectivity index (χ2v) is 3.41. The van der Waals surface area contributed by atoms with E-state index in [2.05, 4.69) is 5.32 Å². The molecule has 0 aromatic heterocycles. The number of aromatic hydroxyl groups is 1. The summed E-state index contributed by atoms with van der Waals surface area (Å²) in [5.74, 6) is -0.184. The van der Waals surface area contributed by atoms with Crippen molar-refractivity contribution in [3.8, 4) is 5.75 Å². The van der Waals surface area contributed by atoms with Gasteiger partial charge in [-0.05, 0) is 12.0 Å². The molecule has 0 saturated carbocycles. The molecule has 0 aliphatic heterocycles. The van der Waals surface area contributed by atoms with Crippen LogP contribution < -0.4 is 5.32 Å². The highest BCUT2D eigenvalue weighted by Gasteiger charge is 2.08. The second kappa shape index (κ2) is 4.53. The third-order valence-corrected chi connectivity index (χ3v) is 2.57. The highest BCUT2D eigenvalue weighted by molar-refractivity contribution is 6.37. The smallest absolute Gasteiger partial charge is 0.0770 e. The predicted octanol–water partition coefficient (Wildman–Crippen LogP) is 2.74. The molecule has 0 heterocycles. The summed E-state index contributed by atoms with van der Waals surface area (Å²) in [6, 6.07) is 1.44. The molecule has 0 fully saturated rings. The number of halogens is 2. The summed E-state index contributed by atoms with van der Waals surface area (Å²) >= 11 is 11.7. The lowest BCUT2D eigenvalue weighted by atomic mass is 10.1. The Morgan fingerprint density at radius 2 is 2.21 bits per heavy atom. The second-order valence-electron chi connectivity index (χ2n) is 2.63. The first-order valence-electron chi connectivity index (χ1n) is 3.94. The normalized spacial score (nSPS) is 9.93. The number of amides is 1. The molecule has 1 aromatic carbocycles. The van der Waals surface area contributed by atoms with E-state index in [1.165, 1.54) is 12.5 Å². The number of hydrogen-bond acceptors (Lipinski definition) is 2. The van der Waals surface area contributed by atoms with E-state index in [0.29, 0.717) is 17.0 Å². The summed E-state index contributed by atoms with van der Waals surface area (Å²) in [5, 5.41) is 12.3. The lowest BCUT2D eigenvalue weighted by molar-refractivity contribution is 0.477. The van der Waals surface area contributed by atoms with Crippen molar-refractivity contribution in [1.29, 1.82) is 0 Å². The first-order valence-corrected chi connectivity index (χ1v) is 4.70. The van der Waals surface area contributed by atoms with Gasteiger partial charge in [0.1, 0.15) is 0 Å². The number of phenolic OH excluding ortho intramolecular Hbond substituents is 1. The Morgan fingerprint density at radius 1 is 1.57 bits per heavy atom. The fraction of sp³-hybridized carbons (Fsp3) is 0.222. The van der Waals surface area contributed by atoms with Gasteiger partial charge in [-0.3, -0.25) is 0 Å². The van der Waals surface area contributed by atoms with Crippen molar-refractivity contribution in [3.63, 3.8) is 0 Å². The molecule has 0 aliphatic carbocycles. The van der Waals surface area contributed by atoms with Crippen LogP contribution in [0.5, 0.6) is 5.75 Å². The summed E-state index contributed by atoms with van der Waals surface area (Å²) in [4.78, 5) is 10.1. The Kier molecular flexibility index (Phi) is 3.61. The highest BCUT2D eigenvalue weighted by Crippen LogP contribution is 2.39. The minimum atomic E-state index is -0.184. The molecule has 0 spiro atoms. The van der Waals surface area contributed by atoms with Crippen LogP contribution in [0.4, 0.5) is 5.69 Å². The quantitative estimate of drug-likeness (QED) is 0.479. The van der Waals surface area contributed by atoms with Gasteiger partial charge in [0, 0.05) is 5.02 Å². The SMILES string of the molecule is CCc1c(Cl)cc(N[C-]=O)c(O)c1Cl. The van der Waals surface area contributed by atoms with Crippen LogP contribution in [0.2, 0.25) is 10.0 Å². The van der Waals surface area contributed by atoms with Gasteiger partial charge >= 0.3 is 0 Å². The number of carbonyl (C=O) groups excluding carboxylic acids is 1. The van der Waals surface area contributed by atoms with Crippen LogP contribution in [0, 0.1) is 0 Å². The molecule has 1 rings (SSSR count). The van der Waals surface area contributed by atoms with Crippen molar-refractivity contribution < 1.29 is 9.90 Å². The fourth-order valence-electron chi connectivity index (χ4n) is 1.12. The molecule has 3 nitrogen and oxygen atoms in total. The van der Waals surface area contributed by atoms with E-state index < -0.39 is 0 Å². The van der Waals surface area contributed by atoms with Crippen molar-refractivity contribution in [2.75, 3.05) is 5.32 Å². The van der Waals surface area contributed by atoms with Crippen molar-refractivity contribution in [3.05, 3.63) is 21.7 Å². The van der Waals surface area contributed by atoms with E-state index in [0.717, 1.165) is 0 Å². The zero-order valence-corrected chi connectivity index (χ0v) is 8.91. The van der Waals surface area contributed by atoms with Gasteiger partial charge in [0.2, 0.25) is 0 Å². The summed E-state index contributed by atoms with van der Waals surface area (Å²) < 4.78 is 0. The number of phenols is 1. The third-order valence-electron chi connectivity index (χ3n) is 1.83. The van der Waals surface area contributed by atoms with E-state index in [1.807, 2.05) is 6.92 Å². The van der Waals surface area contributed by atoms with Gasteiger partial charge in [-0.15, -0.1) is 0 Å². The van der Waals surface area contributed by atoms with E-state index >= 15 is 0 Å². The molecule has 76 valence electrons. The Morgan fingerprint density at radius 3 is 2.71 bits per heavy atom. The summed E-state index contributed by atoms with van der Waals surface area (Å²) in [7, 11) is 0. The van der Waals surface area contributed by atoms with Crippen LogP contribution in [0.25, 0.3) is 0 Å². The topological polar surface area (TPSA) is 49.3 Å². The number of anilines is 1. The molecule has 0 aliphatic rings. The van der Waals surface area contributed by atoms with Crippen molar-refractivity contribution in [2.45, 2.75) is 13.3 Å². The van der Waals surface area contributed by atoms with Gasteiger partial charge in [0.25, 0.3) is 0 Å². The summed E-state index contributed by atoms with van der Waals surface area (Å²) in [6.07, 6.45) is 2.05. The fourth-order valence-corrected chi connectivity index (χ4v) is 1.85. The zero-order valence-electron chi connectivity index (χ0n) is 7.40. The molecule has 1 amide bonds. The van der Waals surface area contributed by atoms with E-state index in [4.69, 9.17) is 23.2 Å². The molecule has 0 radical (unpaired) electrons. The maximum Gasteiger partial charge on any atom is 0.0770 e. The third kappa shape index (κ3) is 1.94. The van der Waals surface area contributed by atoms with Crippen LogP contribution in [-0.4, -0.2) is 11.5 Å². The van der Waals surface area contributed by atoms with Gasteiger partial charge in [-0.1, -0.05) is 41.9 Å². The summed E-state index contributed by atoms with van der Waals surface area (Å²) in [5.41, 5.74) is 0.814. The average molecular weight is 233 g/mol. The van der Waals surface area contributed by atoms with E-state index in [9.17, 15) is 9.90 Å². The minimum Gasteiger partial charge on any atom is -0.523 e. The van der Waals surface area contributed by atoms with Gasteiger partial charge in [-0.25, -0.2) is 0 Å². The number of rotatable bonds is 3. The lowest BCUT2D eigenvalue weighted by Crippen LogP contribution is -1.96. The monoisotopic (exact) mass is 232 g/mol. The Hall–Kier alpha value is -0.930. The Bertz CT molecular complexity index is 366. The maximum absolute atomic E-state index is 10.1. The van der Waals surface area contributed by atoms with Gasteiger partial charge in [0.05, 0.1) is 17.2 Å². The Labute approximate surface area is 91.6 Å². The van der Waals surface area contributed by atoms with Gasteiger partial charge in [-0.2, -0.15) is 0 Å². The van der Waals surface area contributed by atoms with Crippen LogP contribution in [-0.2, 0) is 11.2 Å².